The van der Waals surface area contributed by atoms with Crippen LogP contribution in [0, 0.1) is 5.92 Å². The smallest absolute Gasteiger partial charge is 0.160 e. The number of hydrogen-bond acceptors (Lipinski definition) is 3. The highest BCUT2D eigenvalue weighted by atomic mass is 16.5. The highest BCUT2D eigenvalue weighted by Crippen LogP contribution is 2.34. The lowest BCUT2D eigenvalue weighted by atomic mass is 9.89. The lowest BCUT2D eigenvalue weighted by Gasteiger charge is -2.29. The van der Waals surface area contributed by atoms with Crippen LogP contribution in [0.3, 0.4) is 0 Å². The van der Waals surface area contributed by atoms with Crippen LogP contribution in [0.15, 0.2) is 6.20 Å². The van der Waals surface area contributed by atoms with Crippen LogP contribution in [0.1, 0.15) is 44.8 Å². The zero-order valence-electron chi connectivity index (χ0n) is 11.2. The summed E-state index contributed by atoms with van der Waals surface area (Å²) in [4.78, 5) is 0. The molecule has 4 heteroatoms. The van der Waals surface area contributed by atoms with E-state index in [0.717, 1.165) is 18.8 Å². The quantitative estimate of drug-likeness (QED) is 0.876. The number of hydrogen-bond donors (Lipinski definition) is 1. The molecule has 2 unspecified atom stereocenters. The van der Waals surface area contributed by atoms with Crippen molar-refractivity contribution < 1.29 is 4.74 Å². The number of nitrogens with one attached hydrogen (secondary N) is 1. The first-order valence-corrected chi connectivity index (χ1v) is 6.45. The van der Waals surface area contributed by atoms with Crippen LogP contribution in [0.2, 0.25) is 0 Å². The molecular formula is C13H23N3O. The van der Waals surface area contributed by atoms with Crippen molar-refractivity contribution in [3.05, 3.63) is 11.9 Å². The van der Waals surface area contributed by atoms with Crippen molar-refractivity contribution in [2.24, 2.45) is 5.92 Å². The maximum atomic E-state index is 5.45. The van der Waals surface area contributed by atoms with Gasteiger partial charge in [0.2, 0.25) is 0 Å². The molecule has 96 valence electrons. The van der Waals surface area contributed by atoms with Gasteiger partial charge in [0.1, 0.15) is 0 Å². The third-order valence-corrected chi connectivity index (χ3v) is 3.46. The molecule has 0 amide bonds. The summed E-state index contributed by atoms with van der Waals surface area (Å²) in [6.45, 7) is 8.76. The number of ether oxygens (including phenoxy) is 1. The molecule has 1 aliphatic rings. The molecule has 1 N–H and O–H groups in total. The molecule has 0 bridgehead atoms. The third kappa shape index (κ3) is 2.46. The molecule has 4 nitrogen and oxygen atoms in total. The van der Waals surface area contributed by atoms with E-state index in [-0.39, 0.29) is 0 Å². The molecule has 0 saturated carbocycles. The highest BCUT2D eigenvalue weighted by molar-refractivity contribution is 5.30. The number of rotatable bonds is 3. The number of aromatic nitrogens is 2. The summed E-state index contributed by atoms with van der Waals surface area (Å²) in [7, 11) is 1.73. The zero-order chi connectivity index (χ0) is 12.4. The van der Waals surface area contributed by atoms with Gasteiger partial charge in [-0.3, -0.25) is 4.68 Å². The summed E-state index contributed by atoms with van der Waals surface area (Å²) in [5.74, 6) is 2.16. The van der Waals surface area contributed by atoms with Crippen molar-refractivity contribution >= 4 is 0 Å². The van der Waals surface area contributed by atoms with Gasteiger partial charge in [0.15, 0.2) is 5.75 Å². The minimum absolute atomic E-state index is 0.381. The number of piperidine rings is 1. The second-order valence-electron chi connectivity index (χ2n) is 5.33. The predicted molar refractivity (Wildman–Crippen MR) is 68.6 cm³/mol. The van der Waals surface area contributed by atoms with Crippen LogP contribution in [0.25, 0.3) is 0 Å². The fourth-order valence-electron chi connectivity index (χ4n) is 2.68. The van der Waals surface area contributed by atoms with Crippen LogP contribution < -0.4 is 10.1 Å². The van der Waals surface area contributed by atoms with Gasteiger partial charge in [-0.1, -0.05) is 6.92 Å². The Kier molecular flexibility index (Phi) is 3.72. The van der Waals surface area contributed by atoms with Gasteiger partial charge in [-0.2, -0.15) is 5.10 Å². The summed E-state index contributed by atoms with van der Waals surface area (Å²) < 4.78 is 7.55. The second-order valence-corrected chi connectivity index (χ2v) is 5.33. The minimum atomic E-state index is 0.381. The van der Waals surface area contributed by atoms with Gasteiger partial charge in [0.05, 0.1) is 19.0 Å². The van der Waals surface area contributed by atoms with Crippen molar-refractivity contribution in [1.82, 2.24) is 15.1 Å². The van der Waals surface area contributed by atoms with Crippen LogP contribution in [-0.2, 0) is 0 Å². The van der Waals surface area contributed by atoms with E-state index >= 15 is 0 Å². The monoisotopic (exact) mass is 237 g/mol. The fourth-order valence-corrected chi connectivity index (χ4v) is 2.68. The molecule has 1 saturated heterocycles. The average Bonchev–Trinajstić information content (AvgIpc) is 2.72. The van der Waals surface area contributed by atoms with Gasteiger partial charge in [-0.05, 0) is 32.7 Å². The summed E-state index contributed by atoms with van der Waals surface area (Å²) in [5.41, 5.74) is 1.25. The molecule has 1 fully saturated rings. The summed E-state index contributed by atoms with van der Waals surface area (Å²) in [5, 5.41) is 7.94. The molecular weight excluding hydrogens is 214 g/mol. The van der Waals surface area contributed by atoms with Crippen LogP contribution in [-0.4, -0.2) is 30.0 Å². The van der Waals surface area contributed by atoms with Crippen molar-refractivity contribution in [3.8, 4) is 5.75 Å². The fraction of sp³-hybridized carbons (Fsp3) is 0.769. The summed E-state index contributed by atoms with van der Waals surface area (Å²) in [6, 6.07) is 0.381. The van der Waals surface area contributed by atoms with Gasteiger partial charge in [-0.25, -0.2) is 0 Å². The van der Waals surface area contributed by atoms with E-state index in [1.54, 1.807) is 7.11 Å². The third-order valence-electron chi connectivity index (χ3n) is 3.46. The molecule has 0 aromatic carbocycles. The number of nitrogens with zero attached hydrogens (tertiary/aromatic N) is 2. The molecule has 1 aliphatic heterocycles. The topological polar surface area (TPSA) is 39.1 Å². The second kappa shape index (κ2) is 5.08. The van der Waals surface area contributed by atoms with E-state index in [4.69, 9.17) is 4.74 Å². The highest BCUT2D eigenvalue weighted by Gasteiger charge is 2.27. The summed E-state index contributed by atoms with van der Waals surface area (Å²) in [6.07, 6.45) is 3.05. The molecule has 0 radical (unpaired) electrons. The van der Waals surface area contributed by atoms with E-state index in [1.165, 1.54) is 12.1 Å². The van der Waals surface area contributed by atoms with Gasteiger partial charge in [0.25, 0.3) is 0 Å². The minimum Gasteiger partial charge on any atom is -0.493 e. The largest absolute Gasteiger partial charge is 0.493 e. The molecule has 2 rings (SSSR count). The predicted octanol–water partition coefficient (Wildman–Crippen LogP) is 2.19. The lowest BCUT2D eigenvalue weighted by molar-refractivity contribution is 0.330. The van der Waals surface area contributed by atoms with Gasteiger partial charge >= 0.3 is 0 Å². The van der Waals surface area contributed by atoms with Gasteiger partial charge < -0.3 is 10.1 Å². The molecule has 1 aromatic rings. The Morgan fingerprint density at radius 1 is 1.47 bits per heavy atom. The van der Waals surface area contributed by atoms with E-state index in [0.29, 0.717) is 17.9 Å². The Balaban J connectivity index is 2.31. The van der Waals surface area contributed by atoms with Crippen molar-refractivity contribution in [2.75, 3.05) is 20.2 Å². The molecule has 0 spiro atoms. The Morgan fingerprint density at radius 2 is 2.24 bits per heavy atom. The average molecular weight is 237 g/mol. The van der Waals surface area contributed by atoms with Crippen LogP contribution >= 0.6 is 0 Å². The Hall–Kier alpha value is -1.03. The summed E-state index contributed by atoms with van der Waals surface area (Å²) >= 11 is 0. The maximum Gasteiger partial charge on any atom is 0.160 e. The van der Waals surface area contributed by atoms with Gasteiger partial charge in [-0.15, -0.1) is 0 Å². The zero-order valence-corrected chi connectivity index (χ0v) is 11.2. The van der Waals surface area contributed by atoms with Crippen LogP contribution in [0.4, 0.5) is 0 Å². The Bertz CT molecular complexity index is 373. The first kappa shape index (κ1) is 12.4. The van der Waals surface area contributed by atoms with E-state index in [1.807, 2.05) is 6.20 Å². The van der Waals surface area contributed by atoms with Crippen molar-refractivity contribution in [2.45, 2.75) is 39.2 Å². The Labute approximate surface area is 103 Å². The standard InChI is InChI=1S/C13H23N3O/c1-9(2)16-13(12(17-4)8-15-16)11-5-10(3)6-14-7-11/h8-11,14H,5-7H2,1-4H3. The first-order chi connectivity index (χ1) is 8.13. The van der Waals surface area contributed by atoms with E-state index in [9.17, 15) is 0 Å². The number of methoxy groups -OCH3 is 1. The normalized spacial score (nSPS) is 25.2. The first-order valence-electron chi connectivity index (χ1n) is 6.45. The molecule has 2 atom stereocenters. The van der Waals surface area contributed by atoms with Crippen molar-refractivity contribution in [1.29, 1.82) is 0 Å². The van der Waals surface area contributed by atoms with E-state index < -0.39 is 0 Å². The lowest BCUT2D eigenvalue weighted by Crippen LogP contribution is -2.35. The van der Waals surface area contributed by atoms with Crippen molar-refractivity contribution in [3.63, 3.8) is 0 Å². The van der Waals surface area contributed by atoms with Gasteiger partial charge in [0, 0.05) is 18.5 Å². The molecule has 1 aromatic heterocycles. The molecule has 17 heavy (non-hydrogen) atoms. The Morgan fingerprint density at radius 3 is 2.82 bits per heavy atom. The van der Waals surface area contributed by atoms with E-state index in [2.05, 4.69) is 35.9 Å². The van der Waals surface area contributed by atoms with Crippen LogP contribution in [0.5, 0.6) is 5.75 Å². The SMILES string of the molecule is COc1cnn(C(C)C)c1C1CNCC(C)C1. The molecule has 2 heterocycles. The maximum absolute atomic E-state index is 5.45. The molecule has 0 aliphatic carbocycles.